The number of rotatable bonds is 6. The van der Waals surface area contributed by atoms with Crippen LogP contribution in [0.3, 0.4) is 0 Å². The topological polar surface area (TPSA) is 88.0 Å². The first kappa shape index (κ1) is 21.9. The van der Waals surface area contributed by atoms with Crippen LogP contribution in [0, 0.1) is 0 Å². The number of aliphatic imine (C=N–C) groups is 1. The Morgan fingerprint density at radius 2 is 1.83 bits per heavy atom. The average Bonchev–Trinajstić information content (AvgIpc) is 2.72. The molecule has 0 spiro atoms. The summed E-state index contributed by atoms with van der Waals surface area (Å²) in [6.45, 7) is 3.87. The maximum atomic E-state index is 12.6. The summed E-state index contributed by atoms with van der Waals surface area (Å²) in [5.74, 6) is -0.758. The fourth-order valence-electron chi connectivity index (χ4n) is 2.98. The quantitative estimate of drug-likeness (QED) is 0.621. The number of amidine groups is 1. The Hall–Kier alpha value is -2.77. The normalized spacial score (nSPS) is 16.0. The molecule has 0 aliphatic carbocycles. The number of hydrogen-bond acceptors (Lipinski definition) is 6. The van der Waals surface area contributed by atoms with E-state index in [0.717, 1.165) is 11.1 Å². The molecule has 30 heavy (non-hydrogen) atoms. The van der Waals surface area contributed by atoms with Gasteiger partial charge < -0.3 is 15.2 Å². The number of carbonyl (C=O) groups is 2. The van der Waals surface area contributed by atoms with Crippen molar-refractivity contribution in [1.82, 2.24) is 5.32 Å². The minimum Gasteiger partial charge on any atom is -0.478 e. The van der Waals surface area contributed by atoms with Gasteiger partial charge in [0.1, 0.15) is 6.04 Å². The molecule has 2 aromatic carbocycles. The summed E-state index contributed by atoms with van der Waals surface area (Å²) in [4.78, 5) is 28.3. The first-order chi connectivity index (χ1) is 14.4. The predicted octanol–water partition coefficient (Wildman–Crippen LogP) is 4.81. The van der Waals surface area contributed by atoms with Crippen LogP contribution < -0.4 is 5.32 Å². The van der Waals surface area contributed by atoms with E-state index in [-0.39, 0.29) is 12.2 Å². The molecule has 1 aliphatic heterocycles. The van der Waals surface area contributed by atoms with Crippen molar-refractivity contribution < 1.29 is 19.4 Å². The highest BCUT2D eigenvalue weighted by Crippen LogP contribution is 2.34. The van der Waals surface area contributed by atoms with Gasteiger partial charge >= 0.3 is 11.9 Å². The first-order valence-electron chi connectivity index (χ1n) is 9.32. The molecule has 0 saturated carbocycles. The maximum absolute atomic E-state index is 12.6. The highest BCUT2D eigenvalue weighted by atomic mass is 35.5. The maximum Gasteiger partial charge on any atom is 0.338 e. The zero-order valence-electron chi connectivity index (χ0n) is 16.5. The van der Waals surface area contributed by atoms with E-state index in [1.54, 1.807) is 43.3 Å². The van der Waals surface area contributed by atoms with E-state index in [4.69, 9.17) is 26.4 Å². The Balaban J connectivity index is 1.83. The molecule has 0 fully saturated rings. The molecule has 1 heterocycles. The number of hydrogen-bond donors (Lipinski definition) is 2. The Morgan fingerprint density at radius 1 is 1.17 bits per heavy atom. The number of aromatic carboxylic acids is 1. The van der Waals surface area contributed by atoms with Crippen molar-refractivity contribution in [1.29, 1.82) is 0 Å². The number of thioether (sulfide) groups is 1. The largest absolute Gasteiger partial charge is 0.478 e. The van der Waals surface area contributed by atoms with Gasteiger partial charge in [0.15, 0.2) is 5.17 Å². The lowest BCUT2D eigenvalue weighted by atomic mass is 9.97. The number of allylic oxidation sites excluding steroid dienone is 1. The van der Waals surface area contributed by atoms with Crippen molar-refractivity contribution in [2.75, 3.05) is 6.61 Å². The molecule has 3 rings (SSSR count). The van der Waals surface area contributed by atoms with Gasteiger partial charge in [-0.2, -0.15) is 0 Å². The Bertz CT molecular complexity index is 1000. The molecule has 1 atom stereocenters. The number of esters is 1. The van der Waals surface area contributed by atoms with Crippen molar-refractivity contribution in [2.24, 2.45) is 4.99 Å². The summed E-state index contributed by atoms with van der Waals surface area (Å²) in [7, 11) is 0. The molecule has 2 N–H and O–H groups in total. The molecule has 0 unspecified atom stereocenters. The van der Waals surface area contributed by atoms with Gasteiger partial charge in [0, 0.05) is 16.5 Å². The summed E-state index contributed by atoms with van der Waals surface area (Å²) in [5, 5.41) is 13.5. The lowest BCUT2D eigenvalue weighted by Gasteiger charge is -2.25. The van der Waals surface area contributed by atoms with Crippen molar-refractivity contribution >= 4 is 40.5 Å². The van der Waals surface area contributed by atoms with Gasteiger partial charge in [0.2, 0.25) is 0 Å². The molecular formula is C22H21ClN2O4S. The number of carbonyl (C=O) groups excluding carboxylic acids is 1. The van der Waals surface area contributed by atoms with E-state index in [0.29, 0.717) is 27.2 Å². The number of ether oxygens (including phenoxy) is 1. The minimum atomic E-state index is -0.953. The van der Waals surface area contributed by atoms with Crippen molar-refractivity contribution in [2.45, 2.75) is 25.6 Å². The SMILES string of the molecule is CCOC(=O)C1=C(C)NC(SCc2ccc(C(=O)O)cc2)=N[C@H]1c1ccc(Cl)cc1. The third-order valence-electron chi connectivity index (χ3n) is 4.48. The van der Waals surface area contributed by atoms with E-state index in [1.807, 2.05) is 19.1 Å². The molecule has 0 amide bonds. The molecular weight excluding hydrogens is 424 g/mol. The lowest BCUT2D eigenvalue weighted by molar-refractivity contribution is -0.138. The van der Waals surface area contributed by atoms with Crippen molar-refractivity contribution in [3.63, 3.8) is 0 Å². The minimum absolute atomic E-state index is 0.248. The number of benzene rings is 2. The summed E-state index contributed by atoms with van der Waals surface area (Å²) in [5.41, 5.74) is 3.21. The van der Waals surface area contributed by atoms with Gasteiger partial charge in [0.05, 0.1) is 17.7 Å². The zero-order valence-corrected chi connectivity index (χ0v) is 18.1. The van der Waals surface area contributed by atoms with Gasteiger partial charge in [-0.25, -0.2) is 14.6 Å². The molecule has 156 valence electrons. The molecule has 0 bridgehead atoms. The van der Waals surface area contributed by atoms with E-state index in [1.165, 1.54) is 11.8 Å². The number of halogens is 1. The number of carboxylic acids is 1. The highest BCUT2D eigenvalue weighted by Gasteiger charge is 2.30. The van der Waals surface area contributed by atoms with Gasteiger partial charge in [-0.3, -0.25) is 0 Å². The van der Waals surface area contributed by atoms with Crippen LogP contribution in [0.5, 0.6) is 0 Å². The molecule has 1 aliphatic rings. The Kier molecular flexibility index (Phi) is 7.18. The molecule has 0 radical (unpaired) electrons. The summed E-state index contributed by atoms with van der Waals surface area (Å²) < 4.78 is 5.24. The summed E-state index contributed by atoms with van der Waals surface area (Å²) in [6.07, 6.45) is 0. The van der Waals surface area contributed by atoms with E-state index >= 15 is 0 Å². The third-order valence-corrected chi connectivity index (χ3v) is 5.69. The van der Waals surface area contributed by atoms with E-state index < -0.39 is 18.0 Å². The van der Waals surface area contributed by atoms with Crippen LogP contribution in [0.4, 0.5) is 0 Å². The molecule has 0 saturated heterocycles. The van der Waals surface area contributed by atoms with Crippen LogP contribution >= 0.6 is 23.4 Å². The van der Waals surface area contributed by atoms with Crippen LogP contribution in [0.1, 0.15) is 41.4 Å². The van der Waals surface area contributed by atoms with Crippen molar-refractivity contribution in [3.8, 4) is 0 Å². The predicted molar refractivity (Wildman–Crippen MR) is 119 cm³/mol. The standard InChI is InChI=1S/C22H21ClN2O4S/c1-3-29-21(28)18-13(2)24-22(25-19(18)15-8-10-17(23)11-9-15)30-12-14-4-6-16(7-5-14)20(26)27/h4-11,19H,3,12H2,1-2H3,(H,24,25)(H,26,27)/t19-/m0/s1. The second-order valence-electron chi connectivity index (χ2n) is 6.56. The van der Waals surface area contributed by atoms with Crippen LogP contribution in [-0.2, 0) is 15.3 Å². The first-order valence-corrected chi connectivity index (χ1v) is 10.7. The smallest absolute Gasteiger partial charge is 0.338 e. The Labute approximate surface area is 184 Å². The second kappa shape index (κ2) is 9.82. The fraction of sp³-hybridized carbons (Fsp3) is 0.227. The highest BCUT2D eigenvalue weighted by molar-refractivity contribution is 8.13. The third kappa shape index (κ3) is 5.23. The van der Waals surface area contributed by atoms with Crippen molar-refractivity contribution in [3.05, 3.63) is 81.5 Å². The van der Waals surface area contributed by atoms with Crippen LogP contribution in [0.25, 0.3) is 0 Å². The fourth-order valence-corrected chi connectivity index (χ4v) is 4.00. The molecule has 0 aromatic heterocycles. The summed E-state index contributed by atoms with van der Waals surface area (Å²) >= 11 is 7.49. The van der Waals surface area contributed by atoms with E-state index in [9.17, 15) is 9.59 Å². The second-order valence-corrected chi connectivity index (χ2v) is 7.96. The molecule has 8 heteroatoms. The Morgan fingerprint density at radius 3 is 2.43 bits per heavy atom. The van der Waals surface area contributed by atoms with Crippen LogP contribution in [0.2, 0.25) is 5.02 Å². The van der Waals surface area contributed by atoms with Gasteiger partial charge in [-0.1, -0.05) is 47.6 Å². The van der Waals surface area contributed by atoms with Crippen LogP contribution in [0.15, 0.2) is 64.8 Å². The zero-order chi connectivity index (χ0) is 21.7. The summed E-state index contributed by atoms with van der Waals surface area (Å²) in [6, 6.07) is 13.4. The number of nitrogens with zero attached hydrogens (tertiary/aromatic N) is 1. The van der Waals surface area contributed by atoms with Crippen LogP contribution in [-0.4, -0.2) is 28.8 Å². The monoisotopic (exact) mass is 444 g/mol. The molecule has 2 aromatic rings. The average molecular weight is 445 g/mol. The van der Waals surface area contributed by atoms with Gasteiger partial charge in [0.25, 0.3) is 0 Å². The number of carboxylic acid groups (broad SMARTS) is 1. The molecule has 6 nitrogen and oxygen atoms in total. The lowest BCUT2D eigenvalue weighted by Crippen LogP contribution is -2.30. The van der Waals surface area contributed by atoms with Gasteiger partial charge in [-0.15, -0.1) is 0 Å². The van der Waals surface area contributed by atoms with Gasteiger partial charge in [-0.05, 0) is 49.2 Å². The number of nitrogens with one attached hydrogen (secondary N) is 1. The van der Waals surface area contributed by atoms with E-state index in [2.05, 4.69) is 5.32 Å².